The molecule has 57 heavy (non-hydrogen) atoms. The Bertz CT molecular complexity index is 2630. The van der Waals surface area contributed by atoms with Crippen LogP contribution < -0.4 is 4.90 Å². The van der Waals surface area contributed by atoms with Gasteiger partial charge in [-0.2, -0.15) is 0 Å². The highest BCUT2D eigenvalue weighted by Crippen LogP contribution is 2.42. The van der Waals surface area contributed by atoms with Crippen LogP contribution in [0, 0.1) is 27.7 Å². The minimum atomic E-state index is 1.11. The lowest BCUT2D eigenvalue weighted by atomic mass is 9.95. The molecule has 0 aliphatic rings. The zero-order valence-electron chi connectivity index (χ0n) is 33.2. The van der Waals surface area contributed by atoms with Crippen LogP contribution in [0.4, 0.5) is 17.1 Å². The fraction of sp³-hybridized carbons (Fsp3) is 0.0714. The molecule has 0 saturated carbocycles. The van der Waals surface area contributed by atoms with Gasteiger partial charge in [-0.3, -0.25) is 0 Å². The lowest BCUT2D eigenvalue weighted by Gasteiger charge is -2.29. The molecule has 0 heterocycles. The predicted octanol–water partition coefficient (Wildman–Crippen LogP) is 15.3. The van der Waals surface area contributed by atoms with E-state index in [1.54, 1.807) is 0 Å². The molecule has 0 N–H and O–H groups in total. The van der Waals surface area contributed by atoms with Crippen LogP contribution in [0.15, 0.2) is 200 Å². The number of rotatable bonds is 10. The second kappa shape index (κ2) is 16.8. The van der Waals surface area contributed by atoms with Crippen molar-refractivity contribution in [3.63, 3.8) is 0 Å². The maximum absolute atomic E-state index is 2.42. The highest BCUT2D eigenvalue weighted by Gasteiger charge is 2.18. The molecule has 8 aromatic carbocycles. The number of nitrogens with zero attached hydrogens (tertiary/aromatic N) is 1. The van der Waals surface area contributed by atoms with Crippen molar-refractivity contribution in [1.29, 1.82) is 0 Å². The third-order valence-corrected chi connectivity index (χ3v) is 10.7. The lowest BCUT2D eigenvalue weighted by molar-refractivity contribution is 1.25. The topological polar surface area (TPSA) is 3.24 Å². The molecule has 8 aromatic rings. The fourth-order valence-corrected chi connectivity index (χ4v) is 7.64. The van der Waals surface area contributed by atoms with Crippen molar-refractivity contribution in [2.24, 2.45) is 0 Å². The molecule has 1 nitrogen and oxygen atoms in total. The van der Waals surface area contributed by atoms with Crippen molar-refractivity contribution in [3.8, 4) is 0 Å². The zero-order chi connectivity index (χ0) is 39.1. The Morgan fingerprint density at radius 2 is 0.930 bits per heavy atom. The van der Waals surface area contributed by atoms with Crippen LogP contribution in [0.25, 0.3) is 34.1 Å². The molecule has 0 aliphatic carbocycles. The number of hydrogen-bond donors (Lipinski definition) is 0. The first-order valence-electron chi connectivity index (χ1n) is 19.8. The van der Waals surface area contributed by atoms with Crippen LogP contribution >= 0.6 is 0 Å². The first kappa shape index (κ1) is 37.0. The van der Waals surface area contributed by atoms with Crippen LogP contribution in [-0.4, -0.2) is 0 Å². The summed E-state index contributed by atoms with van der Waals surface area (Å²) in [6.07, 6.45) is 8.98. The average Bonchev–Trinajstić information content (AvgIpc) is 3.25. The molecule has 8 rings (SSSR count). The Hall–Kier alpha value is -6.96. The maximum atomic E-state index is 2.42. The first-order chi connectivity index (χ1) is 27.9. The predicted molar refractivity (Wildman–Crippen MR) is 246 cm³/mol. The van der Waals surface area contributed by atoms with E-state index in [1.165, 1.54) is 72.0 Å². The smallest absolute Gasteiger partial charge is 0.0540 e. The van der Waals surface area contributed by atoms with E-state index in [-0.39, 0.29) is 0 Å². The summed E-state index contributed by atoms with van der Waals surface area (Å²) in [4.78, 5) is 2.42. The van der Waals surface area contributed by atoms with Crippen molar-refractivity contribution >= 4 is 51.1 Å². The van der Waals surface area contributed by atoms with E-state index >= 15 is 0 Å². The van der Waals surface area contributed by atoms with Gasteiger partial charge in [-0.05, 0) is 114 Å². The van der Waals surface area contributed by atoms with Crippen LogP contribution in [0.5, 0.6) is 0 Å². The van der Waals surface area contributed by atoms with Crippen LogP contribution in [-0.2, 0) is 0 Å². The summed E-state index contributed by atoms with van der Waals surface area (Å²) in [6.45, 7) is 8.64. The molecule has 0 amide bonds. The molecule has 1 heteroatoms. The minimum absolute atomic E-state index is 1.11. The summed E-state index contributed by atoms with van der Waals surface area (Å²) in [7, 11) is 0. The number of benzene rings is 8. The largest absolute Gasteiger partial charge is 0.310 e. The molecule has 0 spiro atoms. The Kier molecular flexibility index (Phi) is 10.9. The molecule has 0 unspecified atom stereocenters. The second-order valence-corrected chi connectivity index (χ2v) is 14.9. The highest BCUT2D eigenvalue weighted by atomic mass is 15.1. The van der Waals surface area contributed by atoms with Gasteiger partial charge in [0.2, 0.25) is 0 Å². The number of hydrogen-bond acceptors (Lipinski definition) is 1. The van der Waals surface area contributed by atoms with Crippen LogP contribution in [0.2, 0.25) is 0 Å². The summed E-state index contributed by atoms with van der Waals surface area (Å²) in [5, 5.41) is 2.40. The van der Waals surface area contributed by atoms with Gasteiger partial charge < -0.3 is 4.90 Å². The second-order valence-electron chi connectivity index (χ2n) is 14.9. The highest BCUT2D eigenvalue weighted by molar-refractivity contribution is 6.03. The summed E-state index contributed by atoms with van der Waals surface area (Å²) in [6, 6.07) is 68.0. The molecule has 276 valence electrons. The van der Waals surface area contributed by atoms with E-state index in [9.17, 15) is 0 Å². The van der Waals surface area contributed by atoms with E-state index in [2.05, 4.69) is 245 Å². The lowest BCUT2D eigenvalue weighted by Crippen LogP contribution is -2.12. The third-order valence-electron chi connectivity index (χ3n) is 10.7. The van der Waals surface area contributed by atoms with Crippen LogP contribution in [0.1, 0.15) is 55.6 Å². The Labute approximate surface area is 338 Å². The SMILES string of the molecule is Cc1ccc(C(=CC=Cc2ccc(N(c3ccc(C=C(c4ccccc4)c4ccccc4)cc3)c3ccc(C)cc3C)c3ccccc23)c2ccc(C)cc2)cc1. The van der Waals surface area contributed by atoms with E-state index in [0.717, 1.165) is 22.6 Å². The zero-order valence-corrected chi connectivity index (χ0v) is 33.2. The summed E-state index contributed by atoms with van der Waals surface area (Å²) in [5.41, 5.74) is 17.9. The quantitative estimate of drug-likeness (QED) is 0.0999. The molecule has 0 saturated heterocycles. The van der Waals surface area contributed by atoms with Gasteiger partial charge in [-0.15, -0.1) is 0 Å². The van der Waals surface area contributed by atoms with Gasteiger partial charge in [0.1, 0.15) is 0 Å². The molecule has 0 atom stereocenters. The fourth-order valence-electron chi connectivity index (χ4n) is 7.64. The van der Waals surface area contributed by atoms with Crippen molar-refractivity contribution in [3.05, 3.63) is 256 Å². The molecular formula is C56H47N. The molecular weight excluding hydrogens is 687 g/mol. The third kappa shape index (κ3) is 8.34. The van der Waals surface area contributed by atoms with Gasteiger partial charge in [0.05, 0.1) is 5.69 Å². The standard InChI is InChI=1S/C56H47N/c1-40-22-29-48(30-23-40)51(49-31-24-41(2)25-32-49)21-13-18-47-33-37-56(53-20-12-11-19-52(47)53)57(55-36-26-42(3)38-43(55)4)50-34-27-44(28-35-50)39-54(45-14-7-5-8-15-45)46-16-9-6-10-17-46/h5-39H,1-4H3. The number of fused-ring (bicyclic) bond motifs is 1. The average molecular weight is 734 g/mol. The van der Waals surface area contributed by atoms with E-state index in [1.807, 2.05) is 0 Å². The van der Waals surface area contributed by atoms with E-state index in [4.69, 9.17) is 0 Å². The van der Waals surface area contributed by atoms with Gasteiger partial charge in [0, 0.05) is 16.8 Å². The maximum Gasteiger partial charge on any atom is 0.0540 e. The van der Waals surface area contributed by atoms with Crippen molar-refractivity contribution in [1.82, 2.24) is 0 Å². The van der Waals surface area contributed by atoms with Gasteiger partial charge in [-0.25, -0.2) is 0 Å². The molecule has 0 radical (unpaired) electrons. The molecule has 0 aromatic heterocycles. The molecule has 0 fully saturated rings. The summed E-state index contributed by atoms with van der Waals surface area (Å²) >= 11 is 0. The van der Waals surface area contributed by atoms with E-state index in [0.29, 0.717) is 0 Å². The Balaban J connectivity index is 1.20. The van der Waals surface area contributed by atoms with Crippen molar-refractivity contribution in [2.75, 3.05) is 4.90 Å². The first-order valence-corrected chi connectivity index (χ1v) is 19.8. The monoisotopic (exact) mass is 733 g/mol. The van der Waals surface area contributed by atoms with Gasteiger partial charge in [0.25, 0.3) is 0 Å². The van der Waals surface area contributed by atoms with Crippen molar-refractivity contribution < 1.29 is 0 Å². The van der Waals surface area contributed by atoms with Crippen molar-refractivity contribution in [2.45, 2.75) is 27.7 Å². The van der Waals surface area contributed by atoms with Gasteiger partial charge in [0.15, 0.2) is 0 Å². The number of anilines is 3. The molecule has 0 bridgehead atoms. The normalized spacial score (nSPS) is 11.1. The number of allylic oxidation sites excluding steroid dienone is 2. The number of aryl methyl sites for hydroxylation is 4. The van der Waals surface area contributed by atoms with Gasteiger partial charge >= 0.3 is 0 Å². The minimum Gasteiger partial charge on any atom is -0.310 e. The Morgan fingerprint density at radius 3 is 1.51 bits per heavy atom. The summed E-state index contributed by atoms with van der Waals surface area (Å²) < 4.78 is 0. The van der Waals surface area contributed by atoms with Crippen LogP contribution in [0.3, 0.4) is 0 Å². The Morgan fingerprint density at radius 1 is 0.421 bits per heavy atom. The molecule has 0 aliphatic heterocycles. The summed E-state index contributed by atoms with van der Waals surface area (Å²) in [5.74, 6) is 0. The van der Waals surface area contributed by atoms with Gasteiger partial charge in [-0.1, -0.05) is 199 Å². The van der Waals surface area contributed by atoms with E-state index < -0.39 is 0 Å².